The summed E-state index contributed by atoms with van der Waals surface area (Å²) in [6.45, 7) is 1.69. The second kappa shape index (κ2) is 6.72. The van der Waals surface area contributed by atoms with Gasteiger partial charge in [-0.05, 0) is 12.0 Å². The number of nitrogens with zero attached hydrogens (tertiary/aromatic N) is 4. The van der Waals surface area contributed by atoms with Gasteiger partial charge in [-0.2, -0.15) is 5.10 Å². The standard InChI is InChI=1S/C18H20N6O2/c1-23-16-13(10-20-23)17(25)22-15(21-16)11-24-8-7-19-18(26)14(24)9-12-5-3-2-4-6-12/h2-6,10,14H,7-9,11H2,1H3,(H,19,26)(H,21,22,25). The molecular formula is C18H20N6O2. The molecular weight excluding hydrogens is 332 g/mol. The minimum Gasteiger partial charge on any atom is -0.353 e. The largest absolute Gasteiger partial charge is 0.353 e. The van der Waals surface area contributed by atoms with E-state index in [1.807, 2.05) is 30.3 Å². The van der Waals surface area contributed by atoms with E-state index in [9.17, 15) is 9.59 Å². The Bertz CT molecular complexity index is 994. The molecule has 1 amide bonds. The molecule has 0 spiro atoms. The molecule has 1 saturated heterocycles. The number of rotatable bonds is 4. The topological polar surface area (TPSA) is 95.9 Å². The number of piperazine rings is 1. The molecule has 8 nitrogen and oxygen atoms in total. The van der Waals surface area contributed by atoms with Gasteiger partial charge in [0, 0.05) is 20.1 Å². The highest BCUT2D eigenvalue weighted by atomic mass is 16.2. The van der Waals surface area contributed by atoms with Crippen LogP contribution >= 0.6 is 0 Å². The van der Waals surface area contributed by atoms with Crippen molar-refractivity contribution >= 4 is 16.9 Å². The van der Waals surface area contributed by atoms with Gasteiger partial charge in [-0.15, -0.1) is 0 Å². The quantitative estimate of drug-likeness (QED) is 0.699. The van der Waals surface area contributed by atoms with Gasteiger partial charge in [0.05, 0.1) is 18.8 Å². The fourth-order valence-corrected chi connectivity index (χ4v) is 3.36. The molecule has 3 aromatic rings. The van der Waals surface area contributed by atoms with Crippen LogP contribution in [0.1, 0.15) is 11.4 Å². The van der Waals surface area contributed by atoms with Gasteiger partial charge >= 0.3 is 0 Å². The van der Waals surface area contributed by atoms with E-state index in [2.05, 4.69) is 25.3 Å². The predicted molar refractivity (Wildman–Crippen MR) is 96.5 cm³/mol. The molecule has 1 atom stereocenters. The van der Waals surface area contributed by atoms with Crippen LogP contribution in [0.15, 0.2) is 41.3 Å². The molecule has 4 rings (SSSR count). The Morgan fingerprint density at radius 1 is 1.23 bits per heavy atom. The number of aryl methyl sites for hydroxylation is 1. The summed E-state index contributed by atoms with van der Waals surface area (Å²) in [5.74, 6) is 0.544. The first kappa shape index (κ1) is 16.5. The summed E-state index contributed by atoms with van der Waals surface area (Å²) in [5.41, 5.74) is 1.44. The molecule has 0 bridgehead atoms. The van der Waals surface area contributed by atoms with Crippen LogP contribution in [0.25, 0.3) is 11.0 Å². The van der Waals surface area contributed by atoms with E-state index in [-0.39, 0.29) is 17.5 Å². The van der Waals surface area contributed by atoms with E-state index >= 15 is 0 Å². The molecule has 26 heavy (non-hydrogen) atoms. The smallest absolute Gasteiger partial charge is 0.262 e. The van der Waals surface area contributed by atoms with E-state index < -0.39 is 0 Å². The van der Waals surface area contributed by atoms with Crippen molar-refractivity contribution in [3.8, 4) is 0 Å². The SMILES string of the molecule is Cn1ncc2c(=O)[nH]c(CN3CCNC(=O)C3Cc3ccccc3)nc21. The zero-order valence-electron chi connectivity index (χ0n) is 14.5. The van der Waals surface area contributed by atoms with Crippen LogP contribution in [-0.4, -0.2) is 49.7 Å². The molecule has 0 saturated carbocycles. The molecule has 3 heterocycles. The maximum atomic E-state index is 12.4. The summed E-state index contributed by atoms with van der Waals surface area (Å²) in [4.78, 5) is 34.1. The van der Waals surface area contributed by atoms with Crippen molar-refractivity contribution in [1.82, 2.24) is 30.0 Å². The number of hydrogen-bond acceptors (Lipinski definition) is 5. The highest BCUT2D eigenvalue weighted by Crippen LogP contribution is 2.15. The Labute approximate surface area is 149 Å². The molecule has 2 N–H and O–H groups in total. The van der Waals surface area contributed by atoms with Crippen LogP contribution in [0, 0.1) is 0 Å². The highest BCUT2D eigenvalue weighted by Gasteiger charge is 2.30. The predicted octanol–water partition coefficient (Wildman–Crippen LogP) is 0.200. The first-order valence-corrected chi connectivity index (χ1v) is 8.58. The Morgan fingerprint density at radius 2 is 2.04 bits per heavy atom. The van der Waals surface area contributed by atoms with E-state index in [1.54, 1.807) is 11.7 Å². The van der Waals surface area contributed by atoms with Gasteiger partial charge in [-0.1, -0.05) is 30.3 Å². The molecule has 134 valence electrons. The number of hydrogen-bond donors (Lipinski definition) is 2. The molecule has 1 fully saturated rings. The van der Waals surface area contributed by atoms with Crippen molar-refractivity contribution in [3.05, 3.63) is 58.3 Å². The van der Waals surface area contributed by atoms with Gasteiger partial charge in [-0.25, -0.2) is 4.98 Å². The van der Waals surface area contributed by atoms with Crippen LogP contribution in [-0.2, 0) is 24.8 Å². The number of carbonyl (C=O) groups is 1. The molecule has 1 unspecified atom stereocenters. The van der Waals surface area contributed by atoms with Gasteiger partial charge in [-0.3, -0.25) is 19.2 Å². The zero-order chi connectivity index (χ0) is 18.1. The maximum absolute atomic E-state index is 12.4. The third kappa shape index (κ3) is 3.11. The summed E-state index contributed by atoms with van der Waals surface area (Å²) >= 11 is 0. The Balaban J connectivity index is 1.61. The Morgan fingerprint density at radius 3 is 2.85 bits per heavy atom. The summed E-state index contributed by atoms with van der Waals surface area (Å²) in [5, 5.41) is 7.48. The van der Waals surface area contributed by atoms with E-state index in [0.29, 0.717) is 42.9 Å². The average molecular weight is 352 g/mol. The van der Waals surface area contributed by atoms with Crippen LogP contribution < -0.4 is 10.9 Å². The zero-order valence-corrected chi connectivity index (χ0v) is 14.5. The highest BCUT2D eigenvalue weighted by molar-refractivity contribution is 5.82. The molecule has 2 aromatic heterocycles. The fourth-order valence-electron chi connectivity index (χ4n) is 3.36. The van der Waals surface area contributed by atoms with Crippen molar-refractivity contribution in [3.63, 3.8) is 0 Å². The number of amides is 1. The van der Waals surface area contributed by atoms with E-state index in [0.717, 1.165) is 5.56 Å². The van der Waals surface area contributed by atoms with Crippen LogP contribution in [0.3, 0.4) is 0 Å². The second-order valence-corrected chi connectivity index (χ2v) is 6.49. The average Bonchev–Trinajstić information content (AvgIpc) is 3.01. The number of fused-ring (bicyclic) bond motifs is 1. The minimum atomic E-state index is -0.293. The number of aromatic amines is 1. The van der Waals surface area contributed by atoms with Crippen LogP contribution in [0.2, 0.25) is 0 Å². The van der Waals surface area contributed by atoms with E-state index in [1.165, 1.54) is 6.20 Å². The van der Waals surface area contributed by atoms with Crippen molar-refractivity contribution in [2.45, 2.75) is 19.0 Å². The van der Waals surface area contributed by atoms with Gasteiger partial charge < -0.3 is 10.3 Å². The molecule has 0 aliphatic carbocycles. The molecule has 1 aliphatic rings. The van der Waals surface area contributed by atoms with Crippen LogP contribution in [0.5, 0.6) is 0 Å². The lowest BCUT2D eigenvalue weighted by Gasteiger charge is -2.34. The van der Waals surface area contributed by atoms with Crippen molar-refractivity contribution in [2.24, 2.45) is 7.05 Å². The van der Waals surface area contributed by atoms with E-state index in [4.69, 9.17) is 0 Å². The maximum Gasteiger partial charge on any atom is 0.262 e. The normalized spacial score (nSPS) is 18.2. The Kier molecular flexibility index (Phi) is 4.26. The molecule has 0 radical (unpaired) electrons. The third-order valence-corrected chi connectivity index (χ3v) is 4.72. The molecule has 1 aliphatic heterocycles. The molecule has 8 heteroatoms. The monoisotopic (exact) mass is 352 g/mol. The van der Waals surface area contributed by atoms with Crippen molar-refractivity contribution in [2.75, 3.05) is 13.1 Å². The second-order valence-electron chi connectivity index (χ2n) is 6.49. The lowest BCUT2D eigenvalue weighted by atomic mass is 10.0. The van der Waals surface area contributed by atoms with Gasteiger partial charge in [0.2, 0.25) is 5.91 Å². The summed E-state index contributed by atoms with van der Waals surface area (Å²) in [7, 11) is 1.76. The lowest BCUT2D eigenvalue weighted by Crippen LogP contribution is -2.55. The van der Waals surface area contributed by atoms with Gasteiger partial charge in [0.25, 0.3) is 5.56 Å². The van der Waals surface area contributed by atoms with Crippen molar-refractivity contribution < 1.29 is 4.79 Å². The Hall–Kier alpha value is -3.00. The summed E-state index contributed by atoms with van der Waals surface area (Å²) in [6.07, 6.45) is 2.13. The van der Waals surface area contributed by atoms with Gasteiger partial charge in [0.15, 0.2) is 5.65 Å². The molecule has 1 aromatic carbocycles. The van der Waals surface area contributed by atoms with Crippen LogP contribution in [0.4, 0.5) is 0 Å². The lowest BCUT2D eigenvalue weighted by molar-refractivity contribution is -0.129. The number of nitrogens with one attached hydrogen (secondary N) is 2. The third-order valence-electron chi connectivity index (χ3n) is 4.72. The number of carbonyl (C=O) groups excluding carboxylic acids is 1. The minimum absolute atomic E-state index is 0.00376. The number of H-pyrrole nitrogens is 1. The number of benzene rings is 1. The van der Waals surface area contributed by atoms with Gasteiger partial charge in [0.1, 0.15) is 11.2 Å². The first-order valence-electron chi connectivity index (χ1n) is 8.58. The fraction of sp³-hybridized carbons (Fsp3) is 0.333. The number of aromatic nitrogens is 4. The summed E-state index contributed by atoms with van der Waals surface area (Å²) < 4.78 is 1.58. The van der Waals surface area contributed by atoms with Crippen molar-refractivity contribution in [1.29, 1.82) is 0 Å². The summed E-state index contributed by atoms with van der Waals surface area (Å²) in [6, 6.07) is 9.63. The first-order chi connectivity index (χ1) is 12.6.